The first-order valence-electron chi connectivity index (χ1n) is 15.1. The molecule has 47 heavy (non-hydrogen) atoms. The zero-order valence-corrected chi connectivity index (χ0v) is 26.4. The Morgan fingerprint density at radius 2 is 1.57 bits per heavy atom. The Bertz CT molecular complexity index is 1730. The van der Waals surface area contributed by atoms with E-state index in [1.807, 2.05) is 78.9 Å². The van der Waals surface area contributed by atoms with Gasteiger partial charge in [-0.25, -0.2) is 4.79 Å². The lowest BCUT2D eigenvalue weighted by Crippen LogP contribution is -2.38. The maximum absolute atomic E-state index is 12.9. The summed E-state index contributed by atoms with van der Waals surface area (Å²) in [6, 6.07) is 25.0. The molecule has 5 rings (SSSR count). The van der Waals surface area contributed by atoms with Gasteiger partial charge in [0.2, 0.25) is 0 Å². The van der Waals surface area contributed by atoms with Crippen molar-refractivity contribution in [2.75, 3.05) is 33.7 Å². The van der Waals surface area contributed by atoms with E-state index in [0.717, 1.165) is 16.7 Å². The summed E-state index contributed by atoms with van der Waals surface area (Å²) in [6.07, 6.45) is -0.666. The van der Waals surface area contributed by atoms with Gasteiger partial charge in [0.15, 0.2) is 0 Å². The third-order valence-electron chi connectivity index (χ3n) is 8.04. The van der Waals surface area contributed by atoms with E-state index >= 15 is 0 Å². The van der Waals surface area contributed by atoms with Crippen LogP contribution in [0.15, 0.2) is 89.9 Å². The Labute approximate surface area is 272 Å². The van der Waals surface area contributed by atoms with E-state index in [-0.39, 0.29) is 37.7 Å². The monoisotopic (exact) mass is 639 g/mol. The maximum Gasteiger partial charge on any atom is 0.351 e. The number of nitrogens with two attached hydrogens (primary N) is 1. The summed E-state index contributed by atoms with van der Waals surface area (Å²) in [4.78, 5) is 28.2. The number of nitrogen functional groups attached to an aromatic ring is 1. The number of methoxy groups -OCH3 is 3. The van der Waals surface area contributed by atoms with E-state index in [1.165, 1.54) is 17.9 Å². The van der Waals surface area contributed by atoms with Crippen LogP contribution in [-0.4, -0.2) is 60.8 Å². The fraction of sp³-hybridized carbons (Fsp3) is 0.306. The van der Waals surface area contributed by atoms with Crippen LogP contribution in [0.5, 0.6) is 11.5 Å². The molecule has 11 nitrogen and oxygen atoms in total. The fourth-order valence-electron chi connectivity index (χ4n) is 5.53. The third-order valence-corrected chi connectivity index (χ3v) is 8.04. The maximum atomic E-state index is 12.9. The lowest BCUT2D eigenvalue weighted by Gasteiger charge is -2.37. The van der Waals surface area contributed by atoms with Crippen molar-refractivity contribution in [1.29, 1.82) is 0 Å². The van der Waals surface area contributed by atoms with Crippen molar-refractivity contribution in [2.24, 2.45) is 0 Å². The smallest absolute Gasteiger partial charge is 0.351 e. The first-order chi connectivity index (χ1) is 22.8. The number of nitrogens with zero attached hydrogens (tertiary/aromatic N) is 2. The molecule has 2 heterocycles. The predicted molar refractivity (Wildman–Crippen MR) is 174 cm³/mol. The summed E-state index contributed by atoms with van der Waals surface area (Å²) in [5.74, 6) is 6.67. The Morgan fingerprint density at radius 1 is 0.979 bits per heavy atom. The van der Waals surface area contributed by atoms with Gasteiger partial charge in [-0.1, -0.05) is 66.4 Å². The molecule has 3 N–H and O–H groups in total. The van der Waals surface area contributed by atoms with Crippen LogP contribution in [0.25, 0.3) is 0 Å². The van der Waals surface area contributed by atoms with Gasteiger partial charge in [-0.3, -0.25) is 9.36 Å². The average molecular weight is 640 g/mol. The Balaban J connectivity index is 1.45. The molecular weight excluding hydrogens is 602 g/mol. The van der Waals surface area contributed by atoms with E-state index in [4.69, 9.17) is 24.7 Å². The molecule has 0 amide bonds. The highest BCUT2D eigenvalue weighted by Gasteiger charge is 2.42. The SMILES string of the molecule is COC(=O)CCC#Cc1cn([C@H]2C[C@H](O)[C@@H](COC(c3ccccc3)(c3ccc(OC)cc3)c3ccc(OC)cc3)O2)c(=O)nc1N. The van der Waals surface area contributed by atoms with E-state index in [2.05, 4.69) is 21.6 Å². The van der Waals surface area contributed by atoms with Gasteiger partial charge in [-0.2, -0.15) is 4.98 Å². The zero-order valence-electron chi connectivity index (χ0n) is 26.4. The molecule has 3 aromatic carbocycles. The molecule has 1 aliphatic heterocycles. The topological polar surface area (TPSA) is 144 Å². The van der Waals surface area contributed by atoms with Crippen LogP contribution < -0.4 is 20.9 Å². The summed E-state index contributed by atoms with van der Waals surface area (Å²) < 4.78 is 29.9. The Morgan fingerprint density at radius 3 is 2.15 bits per heavy atom. The molecule has 1 saturated heterocycles. The van der Waals surface area contributed by atoms with E-state index in [9.17, 15) is 14.7 Å². The number of hydrogen-bond donors (Lipinski definition) is 2. The van der Waals surface area contributed by atoms with Gasteiger partial charge in [-0.15, -0.1) is 0 Å². The molecular formula is C36H37N3O8. The van der Waals surface area contributed by atoms with Gasteiger partial charge in [0.1, 0.15) is 35.2 Å². The fourth-order valence-corrected chi connectivity index (χ4v) is 5.53. The normalized spacial score (nSPS) is 17.4. The van der Waals surface area contributed by atoms with Crippen LogP contribution >= 0.6 is 0 Å². The van der Waals surface area contributed by atoms with Crippen LogP contribution in [0.3, 0.4) is 0 Å². The molecule has 0 spiro atoms. The number of aliphatic hydroxyl groups excluding tert-OH is 1. The van der Waals surface area contributed by atoms with Crippen LogP contribution in [-0.2, 0) is 24.6 Å². The summed E-state index contributed by atoms with van der Waals surface area (Å²) in [6.45, 7) is -0.0258. The molecule has 4 aromatic rings. The van der Waals surface area contributed by atoms with Gasteiger partial charge in [0.25, 0.3) is 0 Å². The Kier molecular flexibility index (Phi) is 10.6. The van der Waals surface area contributed by atoms with Gasteiger partial charge in [0.05, 0.1) is 46.0 Å². The van der Waals surface area contributed by atoms with Crippen LogP contribution in [0.2, 0.25) is 0 Å². The highest BCUT2D eigenvalue weighted by molar-refractivity contribution is 5.69. The molecule has 1 aliphatic rings. The van der Waals surface area contributed by atoms with Gasteiger partial charge >= 0.3 is 11.7 Å². The predicted octanol–water partition coefficient (Wildman–Crippen LogP) is 3.80. The van der Waals surface area contributed by atoms with Crippen molar-refractivity contribution in [3.05, 3.63) is 118 Å². The van der Waals surface area contributed by atoms with Gasteiger partial charge in [-0.05, 0) is 41.0 Å². The quantitative estimate of drug-likeness (QED) is 0.141. The molecule has 11 heteroatoms. The molecule has 0 aliphatic carbocycles. The average Bonchev–Trinajstić information content (AvgIpc) is 3.48. The number of esters is 1. The number of aromatic nitrogens is 2. The highest BCUT2D eigenvalue weighted by atomic mass is 16.6. The zero-order chi connectivity index (χ0) is 33.4. The first-order valence-corrected chi connectivity index (χ1v) is 15.1. The minimum absolute atomic E-state index is 0.0258. The van der Waals surface area contributed by atoms with Crippen molar-refractivity contribution in [1.82, 2.24) is 9.55 Å². The number of benzene rings is 3. The molecule has 3 atom stereocenters. The number of aliphatic hydroxyl groups is 1. The third kappa shape index (κ3) is 7.31. The molecule has 0 bridgehead atoms. The first kappa shape index (κ1) is 33.2. The summed E-state index contributed by atoms with van der Waals surface area (Å²) in [7, 11) is 4.52. The summed E-state index contributed by atoms with van der Waals surface area (Å²) in [5, 5.41) is 11.2. The standard InChI is InChI=1S/C36H37N3O8/c1-43-28-17-13-26(14-18-28)36(25-10-5-4-6-11-25,27-15-19-29(44-2)20-16-27)46-23-31-30(40)21-32(47-31)39-22-24(34(37)38-35(39)42)9-7-8-12-33(41)45-3/h4-6,10-11,13-20,22,30-32,40H,8,12,21,23H2,1-3H3,(H2,37,38,42)/t30-,31+,32+/m0/s1. The van der Waals surface area contributed by atoms with Crippen molar-refractivity contribution >= 4 is 11.8 Å². The van der Waals surface area contributed by atoms with Crippen LogP contribution in [0.4, 0.5) is 5.82 Å². The lowest BCUT2D eigenvalue weighted by molar-refractivity contribution is -0.140. The number of carbonyl (C=O) groups excluding carboxylic acids is 1. The number of rotatable bonds is 11. The van der Waals surface area contributed by atoms with Gasteiger partial charge < -0.3 is 34.5 Å². The highest BCUT2D eigenvalue weighted by Crippen LogP contribution is 2.42. The molecule has 1 aromatic heterocycles. The number of ether oxygens (including phenoxy) is 5. The molecule has 1 fully saturated rings. The van der Waals surface area contributed by atoms with Crippen LogP contribution in [0, 0.1) is 11.8 Å². The van der Waals surface area contributed by atoms with E-state index < -0.39 is 29.7 Å². The number of anilines is 1. The van der Waals surface area contributed by atoms with Crippen molar-refractivity contribution < 1.29 is 33.6 Å². The minimum atomic E-state index is -1.12. The van der Waals surface area contributed by atoms with Crippen LogP contribution in [0.1, 0.15) is 47.7 Å². The molecule has 0 saturated carbocycles. The number of hydrogen-bond acceptors (Lipinski definition) is 10. The van der Waals surface area contributed by atoms with E-state index in [0.29, 0.717) is 17.1 Å². The van der Waals surface area contributed by atoms with E-state index in [1.54, 1.807) is 14.2 Å². The summed E-state index contributed by atoms with van der Waals surface area (Å²) >= 11 is 0. The molecule has 0 unspecified atom stereocenters. The second-order valence-electron chi connectivity index (χ2n) is 10.9. The second-order valence-corrected chi connectivity index (χ2v) is 10.9. The Hall–Kier alpha value is -5.15. The molecule has 244 valence electrons. The minimum Gasteiger partial charge on any atom is -0.497 e. The van der Waals surface area contributed by atoms with Crippen molar-refractivity contribution in [2.45, 2.75) is 43.3 Å². The number of carbonyl (C=O) groups is 1. The summed E-state index contributed by atoms with van der Waals surface area (Å²) in [5.41, 5.74) is 7.01. The second kappa shape index (κ2) is 15.0. The molecule has 0 radical (unpaired) electrons. The largest absolute Gasteiger partial charge is 0.497 e. The van der Waals surface area contributed by atoms with Gasteiger partial charge in [0, 0.05) is 19.0 Å². The van der Waals surface area contributed by atoms with Crippen molar-refractivity contribution in [3.63, 3.8) is 0 Å². The van der Waals surface area contributed by atoms with Crippen molar-refractivity contribution in [3.8, 4) is 23.3 Å². The lowest BCUT2D eigenvalue weighted by atomic mass is 9.80.